The largest absolute Gasteiger partial charge is 0.363 e. The van der Waals surface area contributed by atoms with Crippen LogP contribution in [-0.4, -0.2) is 15.6 Å². The lowest BCUT2D eigenvalue weighted by Crippen LogP contribution is -2.22. The second-order valence-corrected chi connectivity index (χ2v) is 3.11. The lowest BCUT2D eigenvalue weighted by atomic mass is 10.5. The van der Waals surface area contributed by atoms with Crippen molar-refractivity contribution in [1.29, 1.82) is 0 Å². The van der Waals surface area contributed by atoms with Gasteiger partial charge in [-0.05, 0) is 12.8 Å². The highest BCUT2D eigenvalue weighted by atomic mass is 16.1. The van der Waals surface area contributed by atoms with E-state index in [9.17, 15) is 4.79 Å². The molecule has 12 heavy (non-hydrogen) atoms. The molecule has 1 aliphatic carbocycles. The lowest BCUT2D eigenvalue weighted by molar-refractivity contribution is 0.839. The fraction of sp³-hybridized carbons (Fsp3) is 0.500. The number of nitrogens with zero attached hydrogens (tertiary/aromatic N) is 2. The van der Waals surface area contributed by atoms with E-state index in [0.717, 1.165) is 12.8 Å². The fourth-order valence-electron chi connectivity index (χ4n) is 1.02. The third kappa shape index (κ3) is 1.32. The van der Waals surface area contributed by atoms with Gasteiger partial charge in [0, 0.05) is 25.5 Å². The molecule has 64 valence electrons. The van der Waals surface area contributed by atoms with E-state index >= 15 is 0 Å². The molecule has 1 aliphatic rings. The summed E-state index contributed by atoms with van der Waals surface area (Å²) in [7, 11) is 1.72. The molecule has 0 radical (unpaired) electrons. The van der Waals surface area contributed by atoms with Crippen LogP contribution in [0.4, 0.5) is 5.82 Å². The van der Waals surface area contributed by atoms with Gasteiger partial charge >= 0.3 is 0 Å². The molecule has 1 saturated carbocycles. The van der Waals surface area contributed by atoms with E-state index in [1.165, 1.54) is 4.57 Å². The summed E-state index contributed by atoms with van der Waals surface area (Å²) in [5, 5.41) is 3.08. The fourth-order valence-corrected chi connectivity index (χ4v) is 1.02. The maximum Gasteiger partial charge on any atom is 0.293 e. The van der Waals surface area contributed by atoms with Crippen molar-refractivity contribution in [3.8, 4) is 0 Å². The van der Waals surface area contributed by atoms with Crippen LogP contribution in [-0.2, 0) is 7.05 Å². The summed E-state index contributed by atoms with van der Waals surface area (Å²) in [5.74, 6) is 0.475. The van der Waals surface area contributed by atoms with Crippen LogP contribution >= 0.6 is 0 Å². The van der Waals surface area contributed by atoms with Gasteiger partial charge in [0.15, 0.2) is 5.82 Å². The van der Waals surface area contributed by atoms with Crippen LogP contribution in [0.2, 0.25) is 0 Å². The molecular formula is C8H11N3O. The molecular weight excluding hydrogens is 154 g/mol. The molecule has 0 amide bonds. The molecule has 0 spiro atoms. The van der Waals surface area contributed by atoms with Crippen LogP contribution in [0.3, 0.4) is 0 Å². The standard InChI is InChI=1S/C8H11N3O/c1-11-5-4-9-7(8(11)12)10-6-2-3-6/h4-6H,2-3H2,1H3,(H,9,10). The Morgan fingerprint density at radius 2 is 2.42 bits per heavy atom. The van der Waals surface area contributed by atoms with Gasteiger partial charge in [-0.25, -0.2) is 4.98 Å². The van der Waals surface area contributed by atoms with Crippen LogP contribution in [0.1, 0.15) is 12.8 Å². The molecule has 4 heteroatoms. The molecule has 1 heterocycles. The van der Waals surface area contributed by atoms with Crippen molar-refractivity contribution in [3.63, 3.8) is 0 Å². The monoisotopic (exact) mass is 165 g/mol. The van der Waals surface area contributed by atoms with Gasteiger partial charge in [0.05, 0.1) is 0 Å². The summed E-state index contributed by atoms with van der Waals surface area (Å²) in [6.07, 6.45) is 5.59. The Labute approximate surface area is 70.2 Å². The van der Waals surface area contributed by atoms with Crippen LogP contribution < -0.4 is 10.9 Å². The number of rotatable bonds is 2. The third-order valence-corrected chi connectivity index (χ3v) is 1.94. The molecule has 1 aromatic heterocycles. The van der Waals surface area contributed by atoms with Gasteiger partial charge in [-0.1, -0.05) is 0 Å². The molecule has 1 aromatic rings. The topological polar surface area (TPSA) is 46.9 Å². The van der Waals surface area contributed by atoms with E-state index in [1.54, 1.807) is 19.4 Å². The SMILES string of the molecule is Cn1ccnc(NC2CC2)c1=O. The lowest BCUT2D eigenvalue weighted by Gasteiger charge is -2.02. The summed E-state index contributed by atoms with van der Waals surface area (Å²) < 4.78 is 1.53. The minimum Gasteiger partial charge on any atom is -0.363 e. The Morgan fingerprint density at radius 1 is 1.67 bits per heavy atom. The Kier molecular flexibility index (Phi) is 1.60. The predicted molar refractivity (Wildman–Crippen MR) is 46.1 cm³/mol. The van der Waals surface area contributed by atoms with Crippen LogP contribution in [0.15, 0.2) is 17.2 Å². The summed E-state index contributed by atoms with van der Waals surface area (Å²) in [4.78, 5) is 15.3. The molecule has 0 aromatic carbocycles. The Bertz CT molecular complexity index is 340. The van der Waals surface area contributed by atoms with Gasteiger partial charge in [-0.2, -0.15) is 0 Å². The van der Waals surface area contributed by atoms with Crippen molar-refractivity contribution in [2.24, 2.45) is 7.05 Å². The van der Waals surface area contributed by atoms with Crippen molar-refractivity contribution in [2.45, 2.75) is 18.9 Å². The van der Waals surface area contributed by atoms with Crippen LogP contribution in [0, 0.1) is 0 Å². The third-order valence-electron chi connectivity index (χ3n) is 1.94. The van der Waals surface area contributed by atoms with Gasteiger partial charge in [0.1, 0.15) is 0 Å². The minimum absolute atomic E-state index is 0.0515. The average Bonchev–Trinajstić information content (AvgIpc) is 2.83. The number of hydrogen-bond donors (Lipinski definition) is 1. The van der Waals surface area contributed by atoms with E-state index < -0.39 is 0 Å². The quantitative estimate of drug-likeness (QED) is 0.688. The van der Waals surface area contributed by atoms with Crippen molar-refractivity contribution in [1.82, 2.24) is 9.55 Å². The number of aromatic nitrogens is 2. The van der Waals surface area contributed by atoms with E-state index in [0.29, 0.717) is 11.9 Å². The van der Waals surface area contributed by atoms with Gasteiger partial charge in [0.2, 0.25) is 0 Å². The first-order chi connectivity index (χ1) is 5.77. The molecule has 0 saturated heterocycles. The number of nitrogens with one attached hydrogen (secondary N) is 1. The van der Waals surface area contributed by atoms with E-state index in [1.807, 2.05) is 0 Å². The second-order valence-electron chi connectivity index (χ2n) is 3.11. The van der Waals surface area contributed by atoms with Gasteiger partial charge in [-0.3, -0.25) is 4.79 Å². The van der Waals surface area contributed by atoms with Crippen LogP contribution in [0.5, 0.6) is 0 Å². The zero-order valence-corrected chi connectivity index (χ0v) is 6.95. The average molecular weight is 165 g/mol. The molecule has 0 aliphatic heterocycles. The first-order valence-electron chi connectivity index (χ1n) is 4.05. The van der Waals surface area contributed by atoms with E-state index in [4.69, 9.17) is 0 Å². The van der Waals surface area contributed by atoms with Gasteiger partial charge < -0.3 is 9.88 Å². The Morgan fingerprint density at radius 3 is 3.08 bits per heavy atom. The van der Waals surface area contributed by atoms with Gasteiger partial charge in [0.25, 0.3) is 5.56 Å². The molecule has 1 fully saturated rings. The second kappa shape index (κ2) is 2.62. The summed E-state index contributed by atoms with van der Waals surface area (Å²) >= 11 is 0. The van der Waals surface area contributed by atoms with Crippen molar-refractivity contribution >= 4 is 5.82 Å². The minimum atomic E-state index is -0.0515. The number of anilines is 1. The zero-order valence-electron chi connectivity index (χ0n) is 6.95. The van der Waals surface area contributed by atoms with Crippen molar-refractivity contribution in [2.75, 3.05) is 5.32 Å². The van der Waals surface area contributed by atoms with E-state index in [-0.39, 0.29) is 5.56 Å². The summed E-state index contributed by atoms with van der Waals surface area (Å²) in [6.45, 7) is 0. The summed E-state index contributed by atoms with van der Waals surface area (Å²) in [5.41, 5.74) is -0.0515. The van der Waals surface area contributed by atoms with Crippen LogP contribution in [0.25, 0.3) is 0 Å². The molecule has 2 rings (SSSR count). The van der Waals surface area contributed by atoms with Crippen molar-refractivity contribution in [3.05, 3.63) is 22.7 Å². The predicted octanol–water partition coefficient (Wildman–Crippen LogP) is 0.355. The first kappa shape index (κ1) is 7.34. The van der Waals surface area contributed by atoms with Gasteiger partial charge in [-0.15, -0.1) is 0 Å². The molecule has 0 bridgehead atoms. The highest BCUT2D eigenvalue weighted by Crippen LogP contribution is 2.21. The van der Waals surface area contributed by atoms with E-state index in [2.05, 4.69) is 10.3 Å². The summed E-state index contributed by atoms with van der Waals surface area (Å²) in [6, 6.07) is 0.479. The molecule has 0 unspecified atom stereocenters. The smallest absolute Gasteiger partial charge is 0.293 e. The highest BCUT2D eigenvalue weighted by Gasteiger charge is 2.22. The molecule has 0 atom stereocenters. The molecule has 4 nitrogen and oxygen atoms in total. The normalized spacial score (nSPS) is 16.1. The highest BCUT2D eigenvalue weighted by molar-refractivity contribution is 5.33. The Hall–Kier alpha value is -1.32. The maximum absolute atomic E-state index is 11.4. The number of aryl methyl sites for hydroxylation is 1. The Balaban J connectivity index is 2.29. The maximum atomic E-state index is 11.4. The van der Waals surface area contributed by atoms with Crippen molar-refractivity contribution < 1.29 is 0 Å². The molecule has 1 N–H and O–H groups in total. The number of hydrogen-bond acceptors (Lipinski definition) is 3. The first-order valence-corrected chi connectivity index (χ1v) is 4.05. The zero-order chi connectivity index (χ0) is 8.55.